The van der Waals surface area contributed by atoms with Crippen molar-refractivity contribution in [3.8, 4) is 0 Å². The Morgan fingerprint density at radius 1 is 1.33 bits per heavy atom. The van der Waals surface area contributed by atoms with Gasteiger partial charge in [-0.05, 0) is 43.4 Å². The monoisotopic (exact) mass is 223 g/mol. The van der Waals surface area contributed by atoms with E-state index in [4.69, 9.17) is 11.6 Å². The first-order chi connectivity index (χ1) is 7.18. The maximum Gasteiger partial charge on any atom is 0.0455 e. The molecule has 2 atom stereocenters. The molecule has 0 amide bonds. The van der Waals surface area contributed by atoms with Crippen molar-refractivity contribution in [2.75, 3.05) is 5.32 Å². The van der Waals surface area contributed by atoms with Crippen LogP contribution in [0.3, 0.4) is 0 Å². The Hall–Kier alpha value is -0.690. The van der Waals surface area contributed by atoms with Crippen molar-refractivity contribution in [1.29, 1.82) is 0 Å². The molecule has 1 nitrogen and oxygen atoms in total. The van der Waals surface area contributed by atoms with E-state index in [1.807, 2.05) is 12.1 Å². The molecule has 15 heavy (non-hydrogen) atoms. The van der Waals surface area contributed by atoms with E-state index in [0.29, 0.717) is 6.04 Å². The van der Waals surface area contributed by atoms with E-state index >= 15 is 0 Å². The predicted molar refractivity (Wildman–Crippen MR) is 66.6 cm³/mol. The average molecular weight is 224 g/mol. The fourth-order valence-electron chi connectivity index (χ4n) is 2.32. The number of benzene rings is 1. The molecule has 2 rings (SSSR count). The molecule has 1 aliphatic rings. The zero-order valence-corrected chi connectivity index (χ0v) is 10.1. The summed E-state index contributed by atoms with van der Waals surface area (Å²) in [5.74, 6) is 0.781. The summed E-state index contributed by atoms with van der Waals surface area (Å²) in [6, 6.07) is 6.70. The highest BCUT2D eigenvalue weighted by molar-refractivity contribution is 6.31. The second-order valence-corrected chi connectivity index (χ2v) is 4.98. The summed E-state index contributed by atoms with van der Waals surface area (Å²) in [5, 5.41) is 4.47. The molecule has 0 heterocycles. The van der Waals surface area contributed by atoms with Gasteiger partial charge in [-0.3, -0.25) is 0 Å². The number of anilines is 1. The molecule has 0 bridgehead atoms. The van der Waals surface area contributed by atoms with Crippen LogP contribution in [-0.4, -0.2) is 6.04 Å². The molecule has 82 valence electrons. The molecular weight excluding hydrogens is 206 g/mol. The van der Waals surface area contributed by atoms with E-state index in [2.05, 4.69) is 25.2 Å². The van der Waals surface area contributed by atoms with E-state index in [0.717, 1.165) is 10.9 Å². The van der Waals surface area contributed by atoms with Crippen LogP contribution in [0.15, 0.2) is 18.2 Å². The van der Waals surface area contributed by atoms with Gasteiger partial charge < -0.3 is 5.32 Å². The fourth-order valence-corrected chi connectivity index (χ4v) is 2.50. The third-order valence-corrected chi connectivity index (χ3v) is 3.88. The molecule has 1 fully saturated rings. The van der Waals surface area contributed by atoms with Crippen LogP contribution in [-0.2, 0) is 0 Å². The van der Waals surface area contributed by atoms with Gasteiger partial charge >= 0.3 is 0 Å². The SMILES string of the molecule is Cc1c(Cl)cccc1NC1CCCC1C. The maximum atomic E-state index is 6.10. The Balaban J connectivity index is 2.13. The zero-order valence-electron chi connectivity index (χ0n) is 9.39. The van der Waals surface area contributed by atoms with Crippen molar-refractivity contribution in [3.05, 3.63) is 28.8 Å². The molecule has 2 heteroatoms. The van der Waals surface area contributed by atoms with Crippen molar-refractivity contribution < 1.29 is 0 Å². The Morgan fingerprint density at radius 2 is 2.13 bits per heavy atom. The van der Waals surface area contributed by atoms with E-state index in [1.165, 1.54) is 30.5 Å². The minimum Gasteiger partial charge on any atom is -0.382 e. The first-order valence-electron chi connectivity index (χ1n) is 5.70. The van der Waals surface area contributed by atoms with Gasteiger partial charge in [0.15, 0.2) is 0 Å². The molecule has 0 radical (unpaired) electrons. The second-order valence-electron chi connectivity index (χ2n) is 4.57. The summed E-state index contributed by atoms with van der Waals surface area (Å²) in [4.78, 5) is 0. The molecule has 0 aromatic heterocycles. The number of nitrogens with one attached hydrogen (secondary N) is 1. The lowest BCUT2D eigenvalue weighted by atomic mass is 10.1. The van der Waals surface area contributed by atoms with Crippen LogP contribution in [0.2, 0.25) is 5.02 Å². The van der Waals surface area contributed by atoms with Crippen LogP contribution in [0.4, 0.5) is 5.69 Å². The minimum atomic E-state index is 0.627. The molecule has 1 aromatic carbocycles. The van der Waals surface area contributed by atoms with Crippen molar-refractivity contribution in [2.24, 2.45) is 5.92 Å². The Labute approximate surface area is 96.8 Å². The smallest absolute Gasteiger partial charge is 0.0455 e. The molecule has 1 saturated carbocycles. The van der Waals surface area contributed by atoms with Crippen LogP contribution in [0.1, 0.15) is 31.7 Å². The van der Waals surface area contributed by atoms with Crippen LogP contribution in [0.25, 0.3) is 0 Å². The normalized spacial score (nSPS) is 25.5. The minimum absolute atomic E-state index is 0.627. The number of hydrogen-bond donors (Lipinski definition) is 1. The van der Waals surface area contributed by atoms with E-state index < -0.39 is 0 Å². The Kier molecular flexibility index (Phi) is 3.20. The van der Waals surface area contributed by atoms with E-state index in [1.54, 1.807) is 0 Å². The van der Waals surface area contributed by atoms with Gasteiger partial charge in [-0.1, -0.05) is 31.0 Å². The molecule has 0 saturated heterocycles. The summed E-state index contributed by atoms with van der Waals surface area (Å²) in [7, 11) is 0. The largest absolute Gasteiger partial charge is 0.382 e. The van der Waals surface area contributed by atoms with Crippen LogP contribution in [0, 0.1) is 12.8 Å². The Bertz CT molecular complexity index is 348. The molecule has 2 unspecified atom stereocenters. The topological polar surface area (TPSA) is 12.0 Å². The van der Waals surface area contributed by atoms with Gasteiger partial charge in [0.2, 0.25) is 0 Å². The van der Waals surface area contributed by atoms with Crippen molar-refractivity contribution >= 4 is 17.3 Å². The molecular formula is C13H18ClN. The molecule has 1 N–H and O–H groups in total. The maximum absolute atomic E-state index is 6.10. The van der Waals surface area contributed by atoms with Gasteiger partial charge in [0.05, 0.1) is 0 Å². The number of halogens is 1. The number of rotatable bonds is 2. The highest BCUT2D eigenvalue weighted by atomic mass is 35.5. The zero-order chi connectivity index (χ0) is 10.8. The van der Waals surface area contributed by atoms with Gasteiger partial charge in [0, 0.05) is 16.8 Å². The first kappa shape index (κ1) is 10.8. The standard InChI is InChI=1S/C13H18ClN/c1-9-5-3-7-12(9)15-13-8-4-6-11(14)10(13)2/h4,6,8-9,12,15H,3,5,7H2,1-2H3. The predicted octanol–water partition coefficient (Wildman–Crippen LogP) is 4.25. The third kappa shape index (κ3) is 2.28. The lowest BCUT2D eigenvalue weighted by molar-refractivity contribution is 0.556. The molecule has 0 aliphatic heterocycles. The molecule has 1 aromatic rings. The van der Waals surface area contributed by atoms with Gasteiger partial charge in [-0.15, -0.1) is 0 Å². The van der Waals surface area contributed by atoms with Gasteiger partial charge in [-0.25, -0.2) is 0 Å². The van der Waals surface area contributed by atoms with Gasteiger partial charge in [0.1, 0.15) is 0 Å². The summed E-state index contributed by atoms with van der Waals surface area (Å²) in [6.07, 6.45) is 3.98. The molecule has 0 spiro atoms. The first-order valence-corrected chi connectivity index (χ1v) is 6.08. The van der Waals surface area contributed by atoms with Crippen molar-refractivity contribution in [3.63, 3.8) is 0 Å². The highest BCUT2D eigenvalue weighted by Crippen LogP contribution is 2.30. The van der Waals surface area contributed by atoms with Crippen molar-refractivity contribution in [2.45, 2.75) is 39.2 Å². The Morgan fingerprint density at radius 3 is 2.80 bits per heavy atom. The second kappa shape index (κ2) is 4.44. The average Bonchev–Trinajstić information content (AvgIpc) is 2.60. The number of hydrogen-bond acceptors (Lipinski definition) is 1. The van der Waals surface area contributed by atoms with Gasteiger partial charge in [0.25, 0.3) is 0 Å². The van der Waals surface area contributed by atoms with Crippen LogP contribution >= 0.6 is 11.6 Å². The summed E-state index contributed by atoms with van der Waals surface area (Å²) in [6.45, 7) is 4.40. The van der Waals surface area contributed by atoms with Crippen LogP contribution < -0.4 is 5.32 Å². The quantitative estimate of drug-likeness (QED) is 0.791. The summed E-state index contributed by atoms with van der Waals surface area (Å²) in [5.41, 5.74) is 2.36. The highest BCUT2D eigenvalue weighted by Gasteiger charge is 2.23. The fraction of sp³-hybridized carbons (Fsp3) is 0.538. The molecule has 1 aliphatic carbocycles. The lowest BCUT2D eigenvalue weighted by Gasteiger charge is -2.20. The van der Waals surface area contributed by atoms with Gasteiger partial charge in [-0.2, -0.15) is 0 Å². The third-order valence-electron chi connectivity index (χ3n) is 3.47. The van der Waals surface area contributed by atoms with E-state index in [-0.39, 0.29) is 0 Å². The summed E-state index contributed by atoms with van der Waals surface area (Å²) < 4.78 is 0. The van der Waals surface area contributed by atoms with Crippen LogP contribution in [0.5, 0.6) is 0 Å². The van der Waals surface area contributed by atoms with E-state index in [9.17, 15) is 0 Å². The van der Waals surface area contributed by atoms with Crippen molar-refractivity contribution in [1.82, 2.24) is 0 Å². The lowest BCUT2D eigenvalue weighted by Crippen LogP contribution is -2.22. The summed E-state index contributed by atoms with van der Waals surface area (Å²) >= 11 is 6.10.